The minimum Gasteiger partial charge on any atom is -0.467 e. The third kappa shape index (κ3) is 3.00. The first-order chi connectivity index (χ1) is 9.52. The highest BCUT2D eigenvalue weighted by Crippen LogP contribution is 2.26. The molecule has 1 aliphatic carbocycles. The lowest BCUT2D eigenvalue weighted by Crippen LogP contribution is -2.47. The van der Waals surface area contributed by atoms with E-state index in [0.717, 1.165) is 12.8 Å². The number of ether oxygens (including phenoxy) is 1. The number of nitrogens with one attached hydrogen (secondary N) is 1. The van der Waals surface area contributed by atoms with E-state index in [1.807, 2.05) is 26.0 Å². The number of benzene rings is 1. The lowest BCUT2D eigenvalue weighted by atomic mass is 10.0. The quantitative estimate of drug-likeness (QED) is 0.851. The van der Waals surface area contributed by atoms with Gasteiger partial charge in [0.1, 0.15) is 6.04 Å². The Hall–Kier alpha value is -1.84. The number of esters is 1. The third-order valence-corrected chi connectivity index (χ3v) is 3.84. The number of methoxy groups -OCH3 is 1. The highest BCUT2D eigenvalue weighted by Gasteiger charge is 2.31. The van der Waals surface area contributed by atoms with Gasteiger partial charge in [-0.3, -0.25) is 4.79 Å². The van der Waals surface area contributed by atoms with Gasteiger partial charge in [-0.15, -0.1) is 0 Å². The summed E-state index contributed by atoms with van der Waals surface area (Å²) in [6, 6.07) is 7.52. The number of hydrogen-bond acceptors (Lipinski definition) is 3. The van der Waals surface area contributed by atoms with Crippen LogP contribution in [-0.4, -0.2) is 25.0 Å². The van der Waals surface area contributed by atoms with Crippen LogP contribution in [0.3, 0.4) is 0 Å². The van der Waals surface area contributed by atoms with Gasteiger partial charge in [-0.1, -0.05) is 38.1 Å². The molecule has 4 nitrogen and oxygen atoms in total. The molecule has 4 heteroatoms. The van der Waals surface area contributed by atoms with Gasteiger partial charge in [-0.05, 0) is 29.9 Å². The lowest BCUT2D eigenvalue weighted by molar-refractivity contribution is -0.146. The van der Waals surface area contributed by atoms with E-state index in [1.165, 1.54) is 18.2 Å². The molecule has 1 atom stereocenters. The summed E-state index contributed by atoms with van der Waals surface area (Å²) in [5.41, 5.74) is 2.46. The second kappa shape index (κ2) is 6.07. The Kier molecular flexibility index (Phi) is 4.42. The number of carbonyl (C=O) groups is 2. The van der Waals surface area contributed by atoms with E-state index in [1.54, 1.807) is 0 Å². The molecule has 0 saturated heterocycles. The Morgan fingerprint density at radius 2 is 1.75 bits per heavy atom. The van der Waals surface area contributed by atoms with Gasteiger partial charge in [0, 0.05) is 5.92 Å². The van der Waals surface area contributed by atoms with Crippen molar-refractivity contribution in [3.05, 3.63) is 35.4 Å². The maximum absolute atomic E-state index is 12.3. The minimum absolute atomic E-state index is 0.00942. The van der Waals surface area contributed by atoms with Crippen molar-refractivity contribution in [3.8, 4) is 0 Å². The minimum atomic E-state index is -0.573. The summed E-state index contributed by atoms with van der Waals surface area (Å²) in [7, 11) is 1.34. The largest absolute Gasteiger partial charge is 0.467 e. The van der Waals surface area contributed by atoms with Gasteiger partial charge in [0.2, 0.25) is 5.91 Å². The summed E-state index contributed by atoms with van der Waals surface area (Å²) in [5, 5.41) is 2.83. The first kappa shape index (κ1) is 14.6. The van der Waals surface area contributed by atoms with Crippen LogP contribution in [0.15, 0.2) is 24.3 Å². The van der Waals surface area contributed by atoms with Crippen molar-refractivity contribution in [1.82, 2.24) is 5.32 Å². The summed E-state index contributed by atoms with van der Waals surface area (Å²) in [6.07, 6.45) is 1.49. The SMILES string of the molecule is COC(=O)C(NC(=O)C1Cc2ccccc2C1)C(C)C. The zero-order chi connectivity index (χ0) is 14.7. The monoisotopic (exact) mass is 275 g/mol. The molecule has 1 aliphatic rings. The summed E-state index contributed by atoms with van der Waals surface area (Å²) in [4.78, 5) is 24.0. The van der Waals surface area contributed by atoms with Gasteiger partial charge < -0.3 is 10.1 Å². The van der Waals surface area contributed by atoms with Crippen molar-refractivity contribution < 1.29 is 14.3 Å². The molecule has 2 rings (SSSR count). The lowest BCUT2D eigenvalue weighted by Gasteiger charge is -2.21. The van der Waals surface area contributed by atoms with Crippen molar-refractivity contribution >= 4 is 11.9 Å². The molecule has 20 heavy (non-hydrogen) atoms. The fourth-order valence-corrected chi connectivity index (χ4v) is 2.64. The number of carbonyl (C=O) groups excluding carboxylic acids is 2. The van der Waals surface area contributed by atoms with Crippen molar-refractivity contribution in [2.75, 3.05) is 7.11 Å². The number of hydrogen-bond donors (Lipinski definition) is 1. The normalized spacial score (nSPS) is 15.8. The molecule has 0 spiro atoms. The Morgan fingerprint density at radius 1 is 1.20 bits per heavy atom. The molecule has 1 unspecified atom stereocenters. The molecule has 0 aromatic heterocycles. The molecule has 0 fully saturated rings. The van der Waals surface area contributed by atoms with Crippen LogP contribution < -0.4 is 5.32 Å². The predicted octanol–water partition coefficient (Wildman–Crippen LogP) is 1.72. The van der Waals surface area contributed by atoms with Gasteiger partial charge in [0.25, 0.3) is 0 Å². The van der Waals surface area contributed by atoms with E-state index in [-0.39, 0.29) is 23.7 Å². The van der Waals surface area contributed by atoms with E-state index in [2.05, 4.69) is 17.4 Å². The van der Waals surface area contributed by atoms with E-state index in [9.17, 15) is 9.59 Å². The zero-order valence-electron chi connectivity index (χ0n) is 12.2. The topological polar surface area (TPSA) is 55.4 Å². The summed E-state index contributed by atoms with van der Waals surface area (Å²) in [6.45, 7) is 3.79. The second-order valence-corrected chi connectivity index (χ2v) is 5.63. The fraction of sp³-hybridized carbons (Fsp3) is 0.500. The van der Waals surface area contributed by atoms with E-state index in [4.69, 9.17) is 4.74 Å². The molecule has 1 amide bonds. The van der Waals surface area contributed by atoms with Crippen LogP contribution in [0.5, 0.6) is 0 Å². The first-order valence-corrected chi connectivity index (χ1v) is 6.98. The van der Waals surface area contributed by atoms with E-state index >= 15 is 0 Å². The molecule has 0 bridgehead atoms. The van der Waals surface area contributed by atoms with Crippen molar-refractivity contribution in [3.63, 3.8) is 0 Å². The van der Waals surface area contributed by atoms with Gasteiger partial charge >= 0.3 is 5.97 Å². The highest BCUT2D eigenvalue weighted by molar-refractivity contribution is 5.86. The number of rotatable bonds is 4. The summed E-state index contributed by atoms with van der Waals surface area (Å²) < 4.78 is 4.75. The van der Waals surface area contributed by atoms with Crippen LogP contribution in [0, 0.1) is 11.8 Å². The average Bonchev–Trinajstić information content (AvgIpc) is 2.87. The summed E-state index contributed by atoms with van der Waals surface area (Å²) >= 11 is 0. The van der Waals surface area contributed by atoms with Crippen LogP contribution in [0.1, 0.15) is 25.0 Å². The van der Waals surface area contributed by atoms with Crippen LogP contribution in [-0.2, 0) is 27.2 Å². The van der Waals surface area contributed by atoms with Gasteiger partial charge in [-0.2, -0.15) is 0 Å². The summed E-state index contributed by atoms with van der Waals surface area (Å²) in [5.74, 6) is -0.525. The molecule has 108 valence electrons. The maximum atomic E-state index is 12.3. The highest BCUT2D eigenvalue weighted by atomic mass is 16.5. The molecule has 1 N–H and O–H groups in total. The second-order valence-electron chi connectivity index (χ2n) is 5.63. The number of amides is 1. The molecule has 0 heterocycles. The molecule has 1 aromatic rings. The maximum Gasteiger partial charge on any atom is 0.328 e. The Labute approximate surface area is 119 Å². The molecular weight excluding hydrogens is 254 g/mol. The average molecular weight is 275 g/mol. The van der Waals surface area contributed by atoms with Gasteiger partial charge in [-0.25, -0.2) is 4.79 Å². The number of fused-ring (bicyclic) bond motifs is 1. The third-order valence-electron chi connectivity index (χ3n) is 3.84. The van der Waals surface area contributed by atoms with Crippen molar-refractivity contribution in [2.24, 2.45) is 11.8 Å². The van der Waals surface area contributed by atoms with Crippen LogP contribution in [0.4, 0.5) is 0 Å². The van der Waals surface area contributed by atoms with Gasteiger partial charge in [0.05, 0.1) is 7.11 Å². The fourth-order valence-electron chi connectivity index (χ4n) is 2.64. The van der Waals surface area contributed by atoms with Crippen molar-refractivity contribution in [1.29, 1.82) is 0 Å². The molecule has 1 aromatic carbocycles. The van der Waals surface area contributed by atoms with Crippen LogP contribution >= 0.6 is 0 Å². The molecule has 0 aliphatic heterocycles. The Morgan fingerprint density at radius 3 is 2.20 bits per heavy atom. The molecule has 0 radical (unpaired) electrons. The zero-order valence-corrected chi connectivity index (χ0v) is 12.2. The first-order valence-electron chi connectivity index (χ1n) is 6.98. The predicted molar refractivity (Wildman–Crippen MR) is 76.1 cm³/mol. The smallest absolute Gasteiger partial charge is 0.328 e. The van der Waals surface area contributed by atoms with E-state index < -0.39 is 6.04 Å². The molecule has 0 saturated carbocycles. The Balaban J connectivity index is 2.01. The standard InChI is InChI=1S/C16H21NO3/c1-10(2)14(16(19)20-3)17-15(18)13-8-11-6-4-5-7-12(11)9-13/h4-7,10,13-14H,8-9H2,1-3H3,(H,17,18). The molecular formula is C16H21NO3. The Bertz CT molecular complexity index is 485. The van der Waals surface area contributed by atoms with Crippen LogP contribution in [0.2, 0.25) is 0 Å². The van der Waals surface area contributed by atoms with E-state index in [0.29, 0.717) is 0 Å². The van der Waals surface area contributed by atoms with Crippen LogP contribution in [0.25, 0.3) is 0 Å². The van der Waals surface area contributed by atoms with Crippen molar-refractivity contribution in [2.45, 2.75) is 32.7 Å². The van der Waals surface area contributed by atoms with Gasteiger partial charge in [0.15, 0.2) is 0 Å².